The molecule has 1 aromatic rings. The molecule has 7 heteroatoms. The van der Waals surface area contributed by atoms with Gasteiger partial charge in [0.1, 0.15) is 11.2 Å². The number of hydrogen-bond acceptors (Lipinski definition) is 6. The van der Waals surface area contributed by atoms with Crippen LogP contribution in [0.25, 0.3) is 0 Å². The molecular weight excluding hydrogens is 374 g/mol. The van der Waals surface area contributed by atoms with Crippen molar-refractivity contribution in [2.24, 2.45) is 0 Å². The van der Waals surface area contributed by atoms with Crippen LogP contribution in [0.2, 0.25) is 0 Å². The third kappa shape index (κ3) is 10.9. The maximum atomic E-state index is 12.3. The minimum absolute atomic E-state index is 0.281. The Bertz CT molecular complexity index is 648. The Hall–Kier alpha value is -2.12. The maximum Gasteiger partial charge on any atom is 0.408 e. The van der Waals surface area contributed by atoms with Crippen LogP contribution in [-0.4, -0.2) is 46.6 Å². The summed E-state index contributed by atoms with van der Waals surface area (Å²) in [7, 11) is 0. The van der Waals surface area contributed by atoms with Crippen molar-refractivity contribution in [3.63, 3.8) is 0 Å². The maximum absolute atomic E-state index is 12.3. The van der Waals surface area contributed by atoms with Crippen LogP contribution >= 0.6 is 0 Å². The zero-order valence-corrected chi connectivity index (χ0v) is 18.5. The highest BCUT2D eigenvalue weighted by atomic mass is 16.6. The first kappa shape index (κ1) is 24.9. The standard InChI is InChI=1S/C22H35NO6/c1-15(27-14-16-11-9-8-10-12-16)19(23-20(26)29-22(5,6)7)17(24)13-18(25)28-21(2,3)4/h8-12,15,17,19,24H,13-14H2,1-7H3,(H,23,26)/t15-,17+,19+/m1/s1. The number of esters is 1. The molecule has 1 aromatic carbocycles. The number of alkyl carbamates (subject to hydrolysis) is 1. The Balaban J connectivity index is 2.82. The molecule has 0 saturated heterocycles. The van der Waals surface area contributed by atoms with E-state index in [0.29, 0.717) is 6.61 Å². The van der Waals surface area contributed by atoms with E-state index in [1.54, 1.807) is 48.5 Å². The molecule has 0 aliphatic carbocycles. The molecule has 0 radical (unpaired) electrons. The van der Waals surface area contributed by atoms with E-state index in [1.807, 2.05) is 30.3 Å². The van der Waals surface area contributed by atoms with E-state index in [-0.39, 0.29) is 6.42 Å². The van der Waals surface area contributed by atoms with Gasteiger partial charge in [0.2, 0.25) is 0 Å². The Morgan fingerprint density at radius 3 is 2.07 bits per heavy atom. The Morgan fingerprint density at radius 1 is 1.00 bits per heavy atom. The SMILES string of the molecule is C[C@@H](OCc1ccccc1)[C@H](NC(=O)OC(C)(C)C)[C@@H](O)CC(=O)OC(C)(C)C. The van der Waals surface area contributed by atoms with Gasteiger partial charge in [-0.05, 0) is 54.0 Å². The van der Waals surface area contributed by atoms with Gasteiger partial charge in [0.25, 0.3) is 0 Å². The number of aliphatic hydroxyl groups excluding tert-OH is 1. The van der Waals surface area contributed by atoms with Crippen LogP contribution in [0.4, 0.5) is 4.79 Å². The second-order valence-corrected chi connectivity index (χ2v) is 9.03. The van der Waals surface area contributed by atoms with E-state index in [9.17, 15) is 14.7 Å². The molecule has 7 nitrogen and oxygen atoms in total. The van der Waals surface area contributed by atoms with Crippen LogP contribution in [0.1, 0.15) is 60.5 Å². The largest absolute Gasteiger partial charge is 0.460 e. The average molecular weight is 410 g/mol. The van der Waals surface area contributed by atoms with Gasteiger partial charge in [-0.15, -0.1) is 0 Å². The van der Waals surface area contributed by atoms with Gasteiger partial charge < -0.3 is 24.6 Å². The highest BCUT2D eigenvalue weighted by Gasteiger charge is 2.32. The van der Waals surface area contributed by atoms with Gasteiger partial charge in [0.15, 0.2) is 0 Å². The fourth-order valence-electron chi connectivity index (χ4n) is 2.56. The molecule has 29 heavy (non-hydrogen) atoms. The summed E-state index contributed by atoms with van der Waals surface area (Å²) >= 11 is 0. The number of amides is 1. The lowest BCUT2D eigenvalue weighted by Crippen LogP contribution is -2.52. The van der Waals surface area contributed by atoms with Crippen LogP contribution < -0.4 is 5.32 Å². The number of carbonyl (C=O) groups excluding carboxylic acids is 2. The van der Waals surface area contributed by atoms with E-state index >= 15 is 0 Å². The van der Waals surface area contributed by atoms with Gasteiger partial charge in [0.05, 0.1) is 31.3 Å². The summed E-state index contributed by atoms with van der Waals surface area (Å²) in [6, 6.07) is 8.68. The smallest absolute Gasteiger partial charge is 0.408 e. The molecule has 0 spiro atoms. The van der Waals surface area contributed by atoms with Crippen LogP contribution in [0.3, 0.4) is 0 Å². The summed E-state index contributed by atoms with van der Waals surface area (Å²) in [6.45, 7) is 12.5. The summed E-state index contributed by atoms with van der Waals surface area (Å²) in [4.78, 5) is 24.4. The zero-order chi connectivity index (χ0) is 22.2. The minimum atomic E-state index is -1.21. The fourth-order valence-corrected chi connectivity index (χ4v) is 2.56. The molecule has 0 aliphatic heterocycles. The van der Waals surface area contributed by atoms with Gasteiger partial charge in [-0.25, -0.2) is 4.79 Å². The highest BCUT2D eigenvalue weighted by Crippen LogP contribution is 2.15. The lowest BCUT2D eigenvalue weighted by Gasteiger charge is -2.31. The van der Waals surface area contributed by atoms with Crippen molar-refractivity contribution < 1.29 is 28.9 Å². The van der Waals surface area contributed by atoms with Crippen LogP contribution in [-0.2, 0) is 25.6 Å². The lowest BCUT2D eigenvalue weighted by molar-refractivity contribution is -0.158. The molecule has 0 saturated carbocycles. The normalized spacial score (nSPS) is 15.2. The van der Waals surface area contributed by atoms with E-state index in [2.05, 4.69) is 5.32 Å². The average Bonchev–Trinajstić information content (AvgIpc) is 2.55. The summed E-state index contributed by atoms with van der Waals surface area (Å²) < 4.78 is 16.4. The van der Waals surface area contributed by atoms with Crippen LogP contribution in [0.15, 0.2) is 30.3 Å². The number of carbonyl (C=O) groups is 2. The molecule has 1 amide bonds. The van der Waals surface area contributed by atoms with Gasteiger partial charge in [0, 0.05) is 0 Å². The number of nitrogens with one attached hydrogen (secondary N) is 1. The molecule has 0 aliphatic rings. The highest BCUT2D eigenvalue weighted by molar-refractivity contribution is 5.71. The second kappa shape index (κ2) is 10.6. The lowest BCUT2D eigenvalue weighted by atomic mass is 10.0. The van der Waals surface area contributed by atoms with E-state index in [0.717, 1.165) is 5.56 Å². The minimum Gasteiger partial charge on any atom is -0.460 e. The molecule has 164 valence electrons. The quantitative estimate of drug-likeness (QED) is 0.638. The van der Waals surface area contributed by atoms with Crippen molar-refractivity contribution in [2.75, 3.05) is 0 Å². The summed E-state index contributed by atoms with van der Waals surface area (Å²) in [5.41, 5.74) is -0.406. The summed E-state index contributed by atoms with van der Waals surface area (Å²) in [5.74, 6) is -0.559. The van der Waals surface area contributed by atoms with Crippen molar-refractivity contribution in [2.45, 2.75) is 90.9 Å². The zero-order valence-electron chi connectivity index (χ0n) is 18.5. The summed E-state index contributed by atoms with van der Waals surface area (Å²) in [6.07, 6.45) is -2.76. The molecule has 0 unspecified atom stereocenters. The molecule has 0 heterocycles. The number of benzene rings is 1. The number of aliphatic hydroxyl groups is 1. The van der Waals surface area contributed by atoms with Gasteiger partial charge >= 0.3 is 12.1 Å². The summed E-state index contributed by atoms with van der Waals surface area (Å²) in [5, 5.41) is 13.3. The van der Waals surface area contributed by atoms with Crippen molar-refractivity contribution in [1.82, 2.24) is 5.32 Å². The van der Waals surface area contributed by atoms with Gasteiger partial charge in [-0.1, -0.05) is 30.3 Å². The van der Waals surface area contributed by atoms with E-state index < -0.39 is 41.5 Å². The molecule has 3 atom stereocenters. The van der Waals surface area contributed by atoms with Gasteiger partial charge in [-0.2, -0.15) is 0 Å². The van der Waals surface area contributed by atoms with Crippen molar-refractivity contribution in [3.8, 4) is 0 Å². The third-order valence-electron chi connectivity index (χ3n) is 3.76. The first-order valence-corrected chi connectivity index (χ1v) is 9.82. The predicted molar refractivity (Wildman–Crippen MR) is 110 cm³/mol. The van der Waals surface area contributed by atoms with Gasteiger partial charge in [-0.3, -0.25) is 4.79 Å². The fraction of sp³-hybridized carbons (Fsp3) is 0.636. The molecule has 1 rings (SSSR count). The first-order valence-electron chi connectivity index (χ1n) is 9.82. The molecular formula is C22H35NO6. The topological polar surface area (TPSA) is 94.1 Å². The number of hydrogen-bond donors (Lipinski definition) is 2. The van der Waals surface area contributed by atoms with Crippen molar-refractivity contribution in [1.29, 1.82) is 0 Å². The first-order chi connectivity index (χ1) is 13.3. The number of rotatable bonds is 8. The van der Waals surface area contributed by atoms with E-state index in [1.165, 1.54) is 0 Å². The Kier molecular flexibility index (Phi) is 9.11. The second-order valence-electron chi connectivity index (χ2n) is 9.03. The molecule has 2 N–H and O–H groups in total. The van der Waals surface area contributed by atoms with Crippen LogP contribution in [0, 0.1) is 0 Å². The van der Waals surface area contributed by atoms with Crippen molar-refractivity contribution >= 4 is 12.1 Å². The Labute approximate surface area is 173 Å². The predicted octanol–water partition coefficient (Wildman–Crippen LogP) is 3.58. The number of ether oxygens (including phenoxy) is 3. The monoisotopic (exact) mass is 409 g/mol. The van der Waals surface area contributed by atoms with E-state index in [4.69, 9.17) is 14.2 Å². The molecule has 0 bridgehead atoms. The van der Waals surface area contributed by atoms with Crippen LogP contribution in [0.5, 0.6) is 0 Å². The Morgan fingerprint density at radius 2 is 1.55 bits per heavy atom. The molecule has 0 fully saturated rings. The molecule has 0 aromatic heterocycles. The van der Waals surface area contributed by atoms with Crippen molar-refractivity contribution in [3.05, 3.63) is 35.9 Å². The third-order valence-corrected chi connectivity index (χ3v) is 3.76.